The summed E-state index contributed by atoms with van der Waals surface area (Å²) in [7, 11) is 0. The van der Waals surface area contributed by atoms with Crippen molar-refractivity contribution in [3.8, 4) is 0 Å². The van der Waals surface area contributed by atoms with Crippen LogP contribution >= 0.6 is 0 Å². The largest absolute Gasteiger partial charge is 0.412 e. The fraction of sp³-hybridized carbons (Fsp3) is 0.125. The molecular formula is C8H12N2O2. The summed E-state index contributed by atoms with van der Waals surface area (Å²) in [6.07, 6.45) is 0. The summed E-state index contributed by atoms with van der Waals surface area (Å²) in [6.45, 7) is 1.46. The zero-order valence-electron chi connectivity index (χ0n) is 6.79. The molecule has 0 saturated heterocycles. The van der Waals surface area contributed by atoms with E-state index in [2.05, 4.69) is 5.32 Å². The molecule has 0 bridgehead atoms. The Morgan fingerprint density at radius 1 is 1.50 bits per heavy atom. The van der Waals surface area contributed by atoms with Gasteiger partial charge in [0.15, 0.2) is 0 Å². The second-order valence-corrected chi connectivity index (χ2v) is 2.31. The lowest BCUT2D eigenvalue weighted by atomic mass is 10.3. The Bertz CT molecular complexity index is 274. The highest BCUT2D eigenvalue weighted by atomic mass is 16.1. The van der Waals surface area contributed by atoms with Crippen molar-refractivity contribution >= 4 is 17.3 Å². The van der Waals surface area contributed by atoms with E-state index in [9.17, 15) is 4.79 Å². The minimum Gasteiger partial charge on any atom is -0.412 e. The van der Waals surface area contributed by atoms with Gasteiger partial charge in [0, 0.05) is 18.3 Å². The van der Waals surface area contributed by atoms with Crippen molar-refractivity contribution in [1.29, 1.82) is 0 Å². The number of anilines is 2. The first kappa shape index (κ1) is 10.4. The molecule has 0 saturated carbocycles. The maximum absolute atomic E-state index is 10.6. The Labute approximate surface area is 70.7 Å². The molecule has 0 heterocycles. The number of carbonyl (C=O) groups is 1. The predicted molar refractivity (Wildman–Crippen MR) is 48.8 cm³/mol. The van der Waals surface area contributed by atoms with Gasteiger partial charge in [0.2, 0.25) is 5.91 Å². The summed E-state index contributed by atoms with van der Waals surface area (Å²) < 4.78 is 0. The van der Waals surface area contributed by atoms with Gasteiger partial charge in [0.1, 0.15) is 0 Å². The molecule has 0 aliphatic carbocycles. The quantitative estimate of drug-likeness (QED) is 0.594. The van der Waals surface area contributed by atoms with Crippen LogP contribution in [0.4, 0.5) is 11.4 Å². The van der Waals surface area contributed by atoms with E-state index < -0.39 is 0 Å². The standard InChI is InChI=1S/C8H10N2O.H2O/c1-6(11)10-8-4-2-3-7(9)5-8;/h2-5H,9H2,1H3,(H,10,11);1H2. The molecule has 0 unspecified atom stereocenters. The SMILES string of the molecule is CC(=O)Nc1cccc(N)c1.O. The number of carbonyl (C=O) groups excluding carboxylic acids is 1. The average molecular weight is 168 g/mol. The van der Waals surface area contributed by atoms with E-state index in [-0.39, 0.29) is 11.4 Å². The minimum atomic E-state index is -0.0874. The van der Waals surface area contributed by atoms with Gasteiger partial charge in [-0.15, -0.1) is 0 Å². The third-order valence-electron chi connectivity index (χ3n) is 1.21. The van der Waals surface area contributed by atoms with Crippen LogP contribution in [0.3, 0.4) is 0 Å². The molecule has 0 aromatic heterocycles. The molecule has 12 heavy (non-hydrogen) atoms. The summed E-state index contributed by atoms with van der Waals surface area (Å²) >= 11 is 0. The Kier molecular flexibility index (Phi) is 3.79. The summed E-state index contributed by atoms with van der Waals surface area (Å²) in [5, 5.41) is 2.63. The molecule has 66 valence electrons. The van der Waals surface area contributed by atoms with Crippen LogP contribution in [0, 0.1) is 0 Å². The second-order valence-electron chi connectivity index (χ2n) is 2.31. The van der Waals surface area contributed by atoms with Gasteiger partial charge in [-0.2, -0.15) is 0 Å². The van der Waals surface area contributed by atoms with Crippen molar-refractivity contribution in [3.63, 3.8) is 0 Å². The molecule has 1 aromatic rings. The first-order chi connectivity index (χ1) is 5.18. The van der Waals surface area contributed by atoms with E-state index in [0.29, 0.717) is 5.69 Å². The average Bonchev–Trinajstić information content (AvgIpc) is 1.85. The third-order valence-corrected chi connectivity index (χ3v) is 1.21. The number of amides is 1. The van der Waals surface area contributed by atoms with E-state index in [0.717, 1.165) is 5.69 Å². The molecule has 0 aliphatic heterocycles. The van der Waals surface area contributed by atoms with Crippen LogP contribution in [0.25, 0.3) is 0 Å². The zero-order chi connectivity index (χ0) is 8.27. The van der Waals surface area contributed by atoms with Crippen LogP contribution in [0.5, 0.6) is 0 Å². The fourth-order valence-electron chi connectivity index (χ4n) is 0.820. The summed E-state index contributed by atoms with van der Waals surface area (Å²) in [5.74, 6) is -0.0874. The van der Waals surface area contributed by atoms with Crippen molar-refractivity contribution < 1.29 is 10.3 Å². The predicted octanol–water partition coefficient (Wildman–Crippen LogP) is 0.402. The molecule has 0 atom stereocenters. The Hall–Kier alpha value is -1.55. The molecule has 0 aliphatic rings. The van der Waals surface area contributed by atoms with Crippen LogP contribution in [0.15, 0.2) is 24.3 Å². The summed E-state index contributed by atoms with van der Waals surface area (Å²) in [6, 6.07) is 7.06. The number of benzene rings is 1. The molecule has 1 rings (SSSR count). The highest BCUT2D eigenvalue weighted by Crippen LogP contribution is 2.10. The number of hydrogen-bond donors (Lipinski definition) is 2. The maximum atomic E-state index is 10.6. The lowest BCUT2D eigenvalue weighted by Crippen LogP contribution is -2.05. The monoisotopic (exact) mass is 168 g/mol. The summed E-state index contributed by atoms with van der Waals surface area (Å²) in [5.41, 5.74) is 6.87. The van der Waals surface area contributed by atoms with Gasteiger partial charge in [0.25, 0.3) is 0 Å². The maximum Gasteiger partial charge on any atom is 0.221 e. The molecule has 1 aromatic carbocycles. The molecule has 0 spiro atoms. The van der Waals surface area contributed by atoms with Crippen molar-refractivity contribution in [2.24, 2.45) is 0 Å². The first-order valence-electron chi connectivity index (χ1n) is 3.31. The topological polar surface area (TPSA) is 86.6 Å². The van der Waals surface area contributed by atoms with Crippen LogP contribution in [-0.2, 0) is 4.79 Å². The van der Waals surface area contributed by atoms with E-state index in [1.54, 1.807) is 24.3 Å². The molecule has 0 fully saturated rings. The van der Waals surface area contributed by atoms with Gasteiger partial charge in [-0.05, 0) is 18.2 Å². The normalized spacial score (nSPS) is 8.42. The second kappa shape index (κ2) is 4.35. The van der Waals surface area contributed by atoms with E-state index in [1.807, 2.05) is 0 Å². The van der Waals surface area contributed by atoms with E-state index in [4.69, 9.17) is 5.73 Å². The van der Waals surface area contributed by atoms with Gasteiger partial charge >= 0.3 is 0 Å². The van der Waals surface area contributed by atoms with Crippen LogP contribution in [0.2, 0.25) is 0 Å². The Morgan fingerprint density at radius 2 is 2.17 bits per heavy atom. The highest BCUT2D eigenvalue weighted by Gasteiger charge is 1.93. The van der Waals surface area contributed by atoms with E-state index >= 15 is 0 Å². The van der Waals surface area contributed by atoms with Gasteiger partial charge in [-0.25, -0.2) is 0 Å². The minimum absolute atomic E-state index is 0. The van der Waals surface area contributed by atoms with Crippen LogP contribution in [-0.4, -0.2) is 11.4 Å². The molecule has 0 radical (unpaired) electrons. The van der Waals surface area contributed by atoms with Crippen molar-refractivity contribution in [2.45, 2.75) is 6.92 Å². The van der Waals surface area contributed by atoms with Gasteiger partial charge in [0.05, 0.1) is 0 Å². The first-order valence-corrected chi connectivity index (χ1v) is 3.31. The van der Waals surface area contributed by atoms with E-state index in [1.165, 1.54) is 6.92 Å². The molecular weight excluding hydrogens is 156 g/mol. The Morgan fingerprint density at radius 3 is 2.67 bits per heavy atom. The number of hydrogen-bond acceptors (Lipinski definition) is 2. The van der Waals surface area contributed by atoms with Crippen LogP contribution in [0.1, 0.15) is 6.92 Å². The smallest absolute Gasteiger partial charge is 0.221 e. The van der Waals surface area contributed by atoms with Gasteiger partial charge < -0.3 is 16.5 Å². The Balaban J connectivity index is 0.00000121. The number of rotatable bonds is 1. The lowest BCUT2D eigenvalue weighted by Gasteiger charge is -2.01. The van der Waals surface area contributed by atoms with Gasteiger partial charge in [-0.1, -0.05) is 6.07 Å². The van der Waals surface area contributed by atoms with Crippen molar-refractivity contribution in [1.82, 2.24) is 0 Å². The number of nitrogens with one attached hydrogen (secondary N) is 1. The highest BCUT2D eigenvalue weighted by molar-refractivity contribution is 5.89. The van der Waals surface area contributed by atoms with Gasteiger partial charge in [-0.3, -0.25) is 4.79 Å². The zero-order valence-corrected chi connectivity index (χ0v) is 6.79. The number of nitrogen functional groups attached to an aromatic ring is 1. The van der Waals surface area contributed by atoms with Crippen molar-refractivity contribution in [3.05, 3.63) is 24.3 Å². The number of nitrogens with two attached hydrogens (primary N) is 1. The molecule has 5 N–H and O–H groups in total. The molecule has 4 heteroatoms. The van der Waals surface area contributed by atoms with Crippen molar-refractivity contribution in [2.75, 3.05) is 11.1 Å². The third kappa shape index (κ3) is 3.03. The van der Waals surface area contributed by atoms with Crippen LogP contribution < -0.4 is 11.1 Å². The summed E-state index contributed by atoms with van der Waals surface area (Å²) in [4.78, 5) is 10.6. The fourth-order valence-corrected chi connectivity index (χ4v) is 0.820. The molecule has 4 nitrogen and oxygen atoms in total. The lowest BCUT2D eigenvalue weighted by molar-refractivity contribution is -0.114. The molecule has 1 amide bonds.